The first kappa shape index (κ1) is 12.0. The normalized spacial score (nSPS) is 15.6. The number of hydrogen-bond acceptors (Lipinski definition) is 8. The maximum Gasteiger partial charge on any atom is 0.175 e. The molecule has 2 aliphatic rings. The molecule has 20 heavy (non-hydrogen) atoms. The van der Waals surface area contributed by atoms with Gasteiger partial charge in [0.25, 0.3) is 0 Å². The van der Waals surface area contributed by atoms with E-state index in [1.807, 2.05) is 0 Å². The Hall–Kier alpha value is -1.80. The van der Waals surface area contributed by atoms with Crippen molar-refractivity contribution in [2.45, 2.75) is 12.8 Å². The predicted octanol–water partition coefficient (Wildman–Crippen LogP) is 2.52. The first-order valence-corrected chi connectivity index (χ1v) is 8.13. The fourth-order valence-electron chi connectivity index (χ4n) is 1.95. The van der Waals surface area contributed by atoms with Crippen LogP contribution in [0, 0.1) is 0 Å². The van der Waals surface area contributed by atoms with Crippen molar-refractivity contribution in [1.82, 2.24) is 19.9 Å². The Kier molecular flexibility index (Phi) is 2.96. The fourth-order valence-corrected chi connectivity index (χ4v) is 3.93. The van der Waals surface area contributed by atoms with E-state index in [1.165, 1.54) is 0 Å². The predicted molar refractivity (Wildman–Crippen MR) is 80.8 cm³/mol. The molecule has 0 unspecified atom stereocenters. The molecule has 8 heteroatoms. The minimum absolute atomic E-state index is 0.732. The van der Waals surface area contributed by atoms with Crippen molar-refractivity contribution < 1.29 is 0 Å². The van der Waals surface area contributed by atoms with Crippen LogP contribution in [-0.4, -0.2) is 30.0 Å². The number of aliphatic imine (C=N–C) groups is 2. The van der Waals surface area contributed by atoms with Crippen molar-refractivity contribution >= 4 is 43.3 Å². The van der Waals surface area contributed by atoms with E-state index >= 15 is 0 Å². The summed E-state index contributed by atoms with van der Waals surface area (Å²) in [4.78, 5) is 25.9. The Morgan fingerprint density at radius 3 is 1.55 bits per heavy atom. The molecular formula is C12H8N6S2. The SMILES string of the molecule is c1cnc2c(n1)CC(SSC1=Nc3nccnc3C1)=N2. The zero-order valence-corrected chi connectivity index (χ0v) is 11.9. The van der Waals surface area contributed by atoms with Crippen molar-refractivity contribution in [3.05, 3.63) is 36.2 Å². The summed E-state index contributed by atoms with van der Waals surface area (Å²) in [6.07, 6.45) is 8.22. The lowest BCUT2D eigenvalue weighted by atomic mass is 10.3. The standard InChI is InChI=1S/C12H8N6S2/c1-3-15-11-7(13-1)5-9(17-11)19-20-10-6-8-12(18-10)16-4-2-14-8/h1-4H,5-6H2. The third-order valence-corrected chi connectivity index (χ3v) is 5.18. The molecule has 0 spiro atoms. The Bertz CT molecular complexity index is 679. The van der Waals surface area contributed by atoms with E-state index in [0.717, 1.165) is 46.0 Å². The van der Waals surface area contributed by atoms with E-state index in [0.29, 0.717) is 0 Å². The van der Waals surface area contributed by atoms with Gasteiger partial charge in [0.1, 0.15) is 0 Å². The van der Waals surface area contributed by atoms with Gasteiger partial charge in [0, 0.05) is 37.6 Å². The van der Waals surface area contributed by atoms with Crippen LogP contribution in [0.1, 0.15) is 11.4 Å². The van der Waals surface area contributed by atoms with Gasteiger partial charge in [0.15, 0.2) is 11.6 Å². The summed E-state index contributed by atoms with van der Waals surface area (Å²) < 4.78 is 0. The summed E-state index contributed by atoms with van der Waals surface area (Å²) >= 11 is 0. The van der Waals surface area contributed by atoms with Gasteiger partial charge in [-0.05, 0) is 21.6 Å². The van der Waals surface area contributed by atoms with Crippen molar-refractivity contribution in [3.63, 3.8) is 0 Å². The van der Waals surface area contributed by atoms with Crippen LogP contribution < -0.4 is 0 Å². The van der Waals surface area contributed by atoms with Crippen molar-refractivity contribution in [2.75, 3.05) is 0 Å². The summed E-state index contributed by atoms with van der Waals surface area (Å²) in [5.41, 5.74) is 1.88. The average Bonchev–Trinajstić information content (AvgIpc) is 3.07. The number of hydrogen-bond donors (Lipinski definition) is 0. The van der Waals surface area contributed by atoms with Crippen LogP contribution in [0.4, 0.5) is 11.6 Å². The molecule has 0 saturated carbocycles. The third kappa shape index (κ3) is 2.20. The molecule has 4 rings (SSSR count). The largest absolute Gasteiger partial charge is 0.255 e. The molecule has 4 heterocycles. The first-order chi connectivity index (χ1) is 9.88. The molecule has 98 valence electrons. The van der Waals surface area contributed by atoms with E-state index in [4.69, 9.17) is 0 Å². The van der Waals surface area contributed by atoms with Crippen LogP contribution in [0.5, 0.6) is 0 Å². The minimum atomic E-state index is 0.732. The lowest BCUT2D eigenvalue weighted by Crippen LogP contribution is -1.95. The van der Waals surface area contributed by atoms with E-state index in [-0.39, 0.29) is 0 Å². The summed E-state index contributed by atoms with van der Waals surface area (Å²) in [6, 6.07) is 0. The topological polar surface area (TPSA) is 76.3 Å². The van der Waals surface area contributed by atoms with Gasteiger partial charge in [-0.25, -0.2) is 20.0 Å². The first-order valence-electron chi connectivity index (χ1n) is 5.98. The quantitative estimate of drug-likeness (QED) is 0.696. The van der Waals surface area contributed by atoms with Crippen LogP contribution in [0.2, 0.25) is 0 Å². The van der Waals surface area contributed by atoms with Gasteiger partial charge in [-0.3, -0.25) is 9.97 Å². The molecule has 0 radical (unpaired) electrons. The van der Waals surface area contributed by atoms with Gasteiger partial charge >= 0.3 is 0 Å². The van der Waals surface area contributed by atoms with Gasteiger partial charge in [-0.1, -0.05) is 0 Å². The Morgan fingerprint density at radius 1 is 0.650 bits per heavy atom. The number of nitrogens with zero attached hydrogens (tertiary/aromatic N) is 6. The number of aromatic nitrogens is 4. The summed E-state index contributed by atoms with van der Waals surface area (Å²) in [6.45, 7) is 0. The molecule has 0 aliphatic carbocycles. The number of fused-ring (bicyclic) bond motifs is 2. The zero-order valence-electron chi connectivity index (χ0n) is 10.2. The highest BCUT2D eigenvalue weighted by Gasteiger charge is 2.21. The van der Waals surface area contributed by atoms with Gasteiger partial charge in [0.2, 0.25) is 0 Å². The maximum atomic E-state index is 4.46. The molecule has 2 aliphatic heterocycles. The molecule has 0 amide bonds. The molecule has 0 aromatic carbocycles. The fraction of sp³-hybridized carbons (Fsp3) is 0.167. The van der Waals surface area contributed by atoms with Crippen LogP contribution >= 0.6 is 21.6 Å². The Labute approximate surface area is 122 Å². The minimum Gasteiger partial charge on any atom is -0.255 e. The van der Waals surface area contributed by atoms with Gasteiger partial charge < -0.3 is 0 Å². The Morgan fingerprint density at radius 2 is 1.10 bits per heavy atom. The molecule has 0 saturated heterocycles. The molecule has 2 aromatic rings. The average molecular weight is 300 g/mol. The van der Waals surface area contributed by atoms with Gasteiger partial charge in [0.05, 0.1) is 21.5 Å². The summed E-state index contributed by atoms with van der Waals surface area (Å²) in [5.74, 6) is 1.46. The van der Waals surface area contributed by atoms with Crippen molar-refractivity contribution in [3.8, 4) is 0 Å². The smallest absolute Gasteiger partial charge is 0.175 e. The Balaban J connectivity index is 1.42. The molecule has 6 nitrogen and oxygen atoms in total. The monoisotopic (exact) mass is 300 g/mol. The molecule has 0 bridgehead atoms. The molecular weight excluding hydrogens is 292 g/mol. The van der Waals surface area contributed by atoms with Gasteiger partial charge in [-0.15, -0.1) is 0 Å². The molecule has 0 N–H and O–H groups in total. The lowest BCUT2D eigenvalue weighted by Gasteiger charge is -1.98. The third-order valence-electron chi connectivity index (χ3n) is 2.84. The second kappa shape index (κ2) is 4.95. The molecule has 0 fully saturated rings. The van der Waals surface area contributed by atoms with Crippen molar-refractivity contribution in [1.29, 1.82) is 0 Å². The highest BCUT2D eigenvalue weighted by atomic mass is 33.1. The summed E-state index contributed by atoms with van der Waals surface area (Å²) in [7, 11) is 3.22. The summed E-state index contributed by atoms with van der Waals surface area (Å²) in [5, 5.41) is 2.02. The van der Waals surface area contributed by atoms with Crippen LogP contribution in [0.3, 0.4) is 0 Å². The zero-order chi connectivity index (χ0) is 13.4. The number of rotatable bonds is 0. The molecule has 2 aromatic heterocycles. The van der Waals surface area contributed by atoms with Crippen molar-refractivity contribution in [2.24, 2.45) is 9.98 Å². The second-order valence-corrected chi connectivity index (χ2v) is 6.46. The van der Waals surface area contributed by atoms with E-state index in [1.54, 1.807) is 46.4 Å². The van der Waals surface area contributed by atoms with Crippen LogP contribution in [0.25, 0.3) is 0 Å². The second-order valence-electron chi connectivity index (χ2n) is 4.18. The van der Waals surface area contributed by atoms with E-state index < -0.39 is 0 Å². The maximum absolute atomic E-state index is 4.46. The highest BCUT2D eigenvalue weighted by molar-refractivity contribution is 8.87. The van der Waals surface area contributed by atoms with Crippen LogP contribution in [-0.2, 0) is 12.8 Å². The van der Waals surface area contributed by atoms with E-state index in [9.17, 15) is 0 Å². The lowest BCUT2D eigenvalue weighted by molar-refractivity contribution is 1.11. The van der Waals surface area contributed by atoms with Crippen LogP contribution in [0.15, 0.2) is 34.8 Å². The highest BCUT2D eigenvalue weighted by Crippen LogP contribution is 2.36. The van der Waals surface area contributed by atoms with Gasteiger partial charge in [-0.2, -0.15) is 0 Å². The molecule has 0 atom stereocenters. The van der Waals surface area contributed by atoms with E-state index in [2.05, 4.69) is 29.9 Å².